The molecule has 0 bridgehead atoms. The molecular formula is C23H27N3O2. The van der Waals surface area contributed by atoms with Crippen LogP contribution < -0.4 is 5.32 Å². The van der Waals surface area contributed by atoms with Crippen LogP contribution in [0.5, 0.6) is 0 Å². The van der Waals surface area contributed by atoms with Crippen LogP contribution in [-0.4, -0.2) is 40.7 Å². The van der Waals surface area contributed by atoms with E-state index in [1.165, 1.54) is 0 Å². The van der Waals surface area contributed by atoms with Crippen LogP contribution in [0, 0.1) is 0 Å². The number of ether oxygens (including phenoxy) is 1. The van der Waals surface area contributed by atoms with Gasteiger partial charge in [-0.1, -0.05) is 36.4 Å². The van der Waals surface area contributed by atoms with E-state index in [0.29, 0.717) is 5.56 Å². The standard InChI is InChI=1S/C23H27N3O2/c1-16-12-26(13-17(2)28-16)14-18-8-4-6-10-21(18)24-23(27)20-15-25(3)22-11-7-5-9-19(20)22/h4-11,15-17H,12-14H2,1-3H3,(H,24,27). The fourth-order valence-electron chi connectivity index (χ4n) is 4.15. The summed E-state index contributed by atoms with van der Waals surface area (Å²) in [6.07, 6.45) is 2.34. The molecule has 2 heterocycles. The van der Waals surface area contributed by atoms with Crippen molar-refractivity contribution >= 4 is 22.5 Å². The summed E-state index contributed by atoms with van der Waals surface area (Å²) in [7, 11) is 1.97. The first-order valence-electron chi connectivity index (χ1n) is 9.82. The molecule has 1 aliphatic rings. The van der Waals surface area contributed by atoms with E-state index in [9.17, 15) is 4.79 Å². The molecule has 3 aromatic rings. The summed E-state index contributed by atoms with van der Waals surface area (Å²) in [5.74, 6) is -0.0760. The van der Waals surface area contributed by atoms with Crippen molar-refractivity contribution in [1.29, 1.82) is 0 Å². The van der Waals surface area contributed by atoms with Crippen molar-refractivity contribution in [2.45, 2.75) is 32.6 Å². The molecule has 1 saturated heterocycles. The lowest BCUT2D eigenvalue weighted by atomic mass is 10.1. The number of nitrogens with one attached hydrogen (secondary N) is 1. The van der Waals surface area contributed by atoms with E-state index in [2.05, 4.69) is 30.1 Å². The molecule has 2 atom stereocenters. The van der Waals surface area contributed by atoms with E-state index in [1.54, 1.807) is 0 Å². The second-order valence-electron chi connectivity index (χ2n) is 7.73. The van der Waals surface area contributed by atoms with Crippen LogP contribution in [0.15, 0.2) is 54.7 Å². The van der Waals surface area contributed by atoms with Crippen LogP contribution in [-0.2, 0) is 18.3 Å². The molecule has 1 N–H and O–H groups in total. The molecule has 0 saturated carbocycles. The zero-order valence-electron chi connectivity index (χ0n) is 16.7. The van der Waals surface area contributed by atoms with Gasteiger partial charge in [0.1, 0.15) is 0 Å². The van der Waals surface area contributed by atoms with Gasteiger partial charge in [0.15, 0.2) is 0 Å². The molecule has 5 nitrogen and oxygen atoms in total. The monoisotopic (exact) mass is 377 g/mol. The van der Waals surface area contributed by atoms with Gasteiger partial charge in [0, 0.05) is 49.5 Å². The van der Waals surface area contributed by atoms with Crippen molar-refractivity contribution in [2.75, 3.05) is 18.4 Å². The third-order valence-corrected chi connectivity index (χ3v) is 5.30. The molecule has 1 aliphatic heterocycles. The van der Waals surface area contributed by atoms with Crippen molar-refractivity contribution in [1.82, 2.24) is 9.47 Å². The van der Waals surface area contributed by atoms with E-state index in [0.717, 1.165) is 41.8 Å². The van der Waals surface area contributed by atoms with Crippen molar-refractivity contribution in [3.05, 3.63) is 65.9 Å². The molecule has 0 radical (unpaired) electrons. The van der Waals surface area contributed by atoms with Gasteiger partial charge in [-0.2, -0.15) is 0 Å². The molecule has 4 rings (SSSR count). The minimum absolute atomic E-state index is 0.0760. The zero-order chi connectivity index (χ0) is 19.7. The van der Waals surface area contributed by atoms with Gasteiger partial charge < -0.3 is 14.6 Å². The van der Waals surface area contributed by atoms with Crippen LogP contribution in [0.1, 0.15) is 29.8 Å². The van der Waals surface area contributed by atoms with Gasteiger partial charge >= 0.3 is 0 Å². The van der Waals surface area contributed by atoms with Gasteiger partial charge in [0.05, 0.1) is 17.8 Å². The Morgan fingerprint density at radius 3 is 2.54 bits per heavy atom. The highest BCUT2D eigenvalue weighted by Gasteiger charge is 2.23. The van der Waals surface area contributed by atoms with Crippen LogP contribution in [0.2, 0.25) is 0 Å². The van der Waals surface area contributed by atoms with E-state index in [4.69, 9.17) is 4.74 Å². The van der Waals surface area contributed by atoms with Gasteiger partial charge in [0.25, 0.3) is 5.91 Å². The largest absolute Gasteiger partial charge is 0.373 e. The van der Waals surface area contributed by atoms with Crippen molar-refractivity contribution in [2.24, 2.45) is 7.05 Å². The summed E-state index contributed by atoms with van der Waals surface area (Å²) in [6, 6.07) is 16.0. The van der Waals surface area contributed by atoms with Gasteiger partial charge in [-0.05, 0) is 31.5 Å². The summed E-state index contributed by atoms with van der Waals surface area (Å²) in [5.41, 5.74) is 3.74. The number of aromatic nitrogens is 1. The summed E-state index contributed by atoms with van der Waals surface area (Å²) >= 11 is 0. The fourth-order valence-corrected chi connectivity index (χ4v) is 4.15. The van der Waals surface area contributed by atoms with Crippen LogP contribution in [0.3, 0.4) is 0 Å². The second kappa shape index (κ2) is 7.78. The molecule has 5 heteroatoms. The molecule has 2 aromatic carbocycles. The molecular weight excluding hydrogens is 350 g/mol. The van der Waals surface area contributed by atoms with Crippen molar-refractivity contribution in [3.8, 4) is 0 Å². The Morgan fingerprint density at radius 1 is 1.07 bits per heavy atom. The Morgan fingerprint density at radius 2 is 1.75 bits per heavy atom. The topological polar surface area (TPSA) is 46.5 Å². The molecule has 0 spiro atoms. The van der Waals surface area contributed by atoms with Gasteiger partial charge in [-0.25, -0.2) is 0 Å². The summed E-state index contributed by atoms with van der Waals surface area (Å²) in [5, 5.41) is 4.10. The molecule has 1 fully saturated rings. The molecule has 28 heavy (non-hydrogen) atoms. The lowest BCUT2D eigenvalue weighted by Crippen LogP contribution is -2.44. The number of aryl methyl sites for hydroxylation is 1. The molecule has 2 unspecified atom stereocenters. The SMILES string of the molecule is CC1CN(Cc2ccccc2NC(=O)c2cn(C)c3ccccc23)CC(C)O1. The number of rotatable bonds is 4. The van der Waals surface area contributed by atoms with Crippen LogP contribution in [0.25, 0.3) is 10.9 Å². The third kappa shape index (κ3) is 3.81. The first kappa shape index (κ1) is 18.7. The Labute approximate surface area is 165 Å². The Bertz CT molecular complexity index is 984. The lowest BCUT2D eigenvalue weighted by molar-refractivity contribution is -0.0704. The number of morpholine rings is 1. The summed E-state index contributed by atoms with van der Waals surface area (Å²) in [6.45, 7) is 6.81. The number of carbonyl (C=O) groups excluding carboxylic acids is 1. The van der Waals surface area contributed by atoms with E-state index in [-0.39, 0.29) is 18.1 Å². The van der Waals surface area contributed by atoms with E-state index >= 15 is 0 Å². The first-order chi connectivity index (χ1) is 13.5. The quantitative estimate of drug-likeness (QED) is 0.746. The highest BCUT2D eigenvalue weighted by Crippen LogP contribution is 2.24. The number of para-hydroxylation sites is 2. The van der Waals surface area contributed by atoms with Crippen molar-refractivity contribution in [3.63, 3.8) is 0 Å². The number of hydrogen-bond donors (Lipinski definition) is 1. The maximum atomic E-state index is 13.0. The smallest absolute Gasteiger partial charge is 0.257 e. The Kier molecular flexibility index (Phi) is 5.20. The molecule has 1 amide bonds. The minimum Gasteiger partial charge on any atom is -0.373 e. The average Bonchev–Trinajstić information content (AvgIpc) is 3.00. The number of fused-ring (bicyclic) bond motifs is 1. The van der Waals surface area contributed by atoms with Gasteiger partial charge in [0.2, 0.25) is 0 Å². The molecule has 146 valence electrons. The Balaban J connectivity index is 1.56. The van der Waals surface area contributed by atoms with E-state index in [1.807, 2.05) is 60.3 Å². The fraction of sp³-hybridized carbons (Fsp3) is 0.348. The summed E-state index contributed by atoms with van der Waals surface area (Å²) < 4.78 is 7.83. The number of benzene rings is 2. The average molecular weight is 377 g/mol. The maximum Gasteiger partial charge on any atom is 0.257 e. The lowest BCUT2D eigenvalue weighted by Gasteiger charge is -2.35. The summed E-state index contributed by atoms with van der Waals surface area (Å²) in [4.78, 5) is 15.4. The van der Waals surface area contributed by atoms with Gasteiger partial charge in [-0.3, -0.25) is 9.69 Å². The number of nitrogens with zero attached hydrogens (tertiary/aromatic N) is 2. The molecule has 1 aromatic heterocycles. The normalized spacial score (nSPS) is 20.4. The predicted octanol–water partition coefficient (Wildman–Crippen LogP) is 4.04. The zero-order valence-corrected chi connectivity index (χ0v) is 16.7. The predicted molar refractivity (Wildman–Crippen MR) is 113 cm³/mol. The Hall–Kier alpha value is -2.63. The van der Waals surface area contributed by atoms with Gasteiger partial charge in [-0.15, -0.1) is 0 Å². The number of anilines is 1. The highest BCUT2D eigenvalue weighted by atomic mass is 16.5. The van der Waals surface area contributed by atoms with Crippen LogP contribution >= 0.6 is 0 Å². The number of amides is 1. The minimum atomic E-state index is -0.0760. The van der Waals surface area contributed by atoms with Crippen LogP contribution in [0.4, 0.5) is 5.69 Å². The van der Waals surface area contributed by atoms with Crippen molar-refractivity contribution < 1.29 is 9.53 Å². The molecule has 0 aliphatic carbocycles. The maximum absolute atomic E-state index is 13.0. The van der Waals surface area contributed by atoms with E-state index < -0.39 is 0 Å². The second-order valence-corrected chi connectivity index (χ2v) is 7.73. The number of carbonyl (C=O) groups is 1. The highest BCUT2D eigenvalue weighted by molar-refractivity contribution is 6.13. The third-order valence-electron chi connectivity index (χ3n) is 5.30. The number of hydrogen-bond acceptors (Lipinski definition) is 3. The first-order valence-corrected chi connectivity index (χ1v) is 9.82.